The van der Waals surface area contributed by atoms with E-state index in [1.165, 1.54) is 140 Å². The molecule has 1 aromatic heterocycles. The number of aryl methyl sites for hydroxylation is 1. The number of hydrogen-bond acceptors (Lipinski definition) is 2. The van der Waals surface area contributed by atoms with E-state index >= 15 is 0 Å². The first-order valence-electron chi connectivity index (χ1n) is 17.2. The van der Waals surface area contributed by atoms with Gasteiger partial charge in [-0.1, -0.05) is 134 Å². The molecule has 0 saturated heterocycles. The minimum Gasteiger partial charge on any atom is -0.236 e. The van der Waals surface area contributed by atoms with E-state index in [0.717, 1.165) is 41.5 Å². The van der Waals surface area contributed by atoms with Crippen LogP contribution in [0.1, 0.15) is 159 Å². The zero-order chi connectivity index (χ0) is 27.1. The molecule has 2 aliphatic rings. The van der Waals surface area contributed by atoms with Gasteiger partial charge in [-0.2, -0.15) is 0 Å². The van der Waals surface area contributed by atoms with Gasteiger partial charge in [0.15, 0.2) is 5.82 Å². The van der Waals surface area contributed by atoms with Crippen molar-refractivity contribution in [2.45, 2.75) is 155 Å². The van der Waals surface area contributed by atoms with Crippen LogP contribution in [0.4, 0.5) is 0 Å². The van der Waals surface area contributed by atoms with Crippen LogP contribution in [0.3, 0.4) is 0 Å². The van der Waals surface area contributed by atoms with E-state index in [2.05, 4.69) is 50.5 Å². The molecule has 2 aromatic rings. The fourth-order valence-electron chi connectivity index (χ4n) is 7.40. The number of hydrogen-bond donors (Lipinski definition) is 0. The number of aromatic nitrogens is 2. The maximum Gasteiger partial charge on any atom is 0.159 e. The Balaban J connectivity index is 1.14. The van der Waals surface area contributed by atoms with Crippen LogP contribution >= 0.6 is 0 Å². The summed E-state index contributed by atoms with van der Waals surface area (Å²) in [5, 5.41) is 0. The summed E-state index contributed by atoms with van der Waals surface area (Å²) in [6, 6.07) is 9.20. The third kappa shape index (κ3) is 10.3. The SMILES string of the molecule is CCCCCCC[C@H]1CC[C@H](CCc2cnc(-c3ccc([C@H]4CC[C@H](CCCCCC)CC4)cc3)nc2)CC1. The van der Waals surface area contributed by atoms with Crippen molar-refractivity contribution in [1.82, 2.24) is 9.97 Å². The quantitative estimate of drug-likeness (QED) is 0.202. The van der Waals surface area contributed by atoms with Gasteiger partial charge < -0.3 is 0 Å². The van der Waals surface area contributed by atoms with Crippen LogP contribution in [0.25, 0.3) is 11.4 Å². The Morgan fingerprint density at radius 3 is 1.62 bits per heavy atom. The molecule has 2 fully saturated rings. The van der Waals surface area contributed by atoms with Crippen molar-refractivity contribution in [3.63, 3.8) is 0 Å². The highest BCUT2D eigenvalue weighted by molar-refractivity contribution is 5.55. The molecule has 0 unspecified atom stereocenters. The second-order valence-electron chi connectivity index (χ2n) is 13.2. The molecular weight excluding hydrogens is 472 g/mol. The van der Waals surface area contributed by atoms with Gasteiger partial charge in [-0.25, -0.2) is 9.97 Å². The maximum atomic E-state index is 4.76. The van der Waals surface area contributed by atoms with Gasteiger partial charge in [-0.05, 0) is 73.3 Å². The van der Waals surface area contributed by atoms with Crippen molar-refractivity contribution in [3.05, 3.63) is 47.8 Å². The summed E-state index contributed by atoms with van der Waals surface area (Å²) in [7, 11) is 0. The number of rotatable bonds is 16. The molecule has 0 N–H and O–H groups in total. The largest absolute Gasteiger partial charge is 0.236 e. The number of unbranched alkanes of at least 4 members (excludes halogenated alkanes) is 7. The molecule has 0 atom stereocenters. The van der Waals surface area contributed by atoms with Crippen LogP contribution in [0.2, 0.25) is 0 Å². The van der Waals surface area contributed by atoms with Gasteiger partial charge in [-0.15, -0.1) is 0 Å². The predicted octanol–water partition coefficient (Wildman–Crippen LogP) is 11.5. The van der Waals surface area contributed by atoms with E-state index in [1.54, 1.807) is 0 Å². The van der Waals surface area contributed by atoms with Crippen LogP contribution < -0.4 is 0 Å². The smallest absolute Gasteiger partial charge is 0.159 e. The Kier molecular flexibility index (Phi) is 13.3. The summed E-state index contributed by atoms with van der Waals surface area (Å²) in [6.45, 7) is 4.61. The third-order valence-electron chi connectivity index (χ3n) is 10.2. The second-order valence-corrected chi connectivity index (χ2v) is 13.2. The zero-order valence-corrected chi connectivity index (χ0v) is 25.5. The molecule has 0 bridgehead atoms. The Morgan fingerprint density at radius 2 is 1.05 bits per heavy atom. The summed E-state index contributed by atoms with van der Waals surface area (Å²) >= 11 is 0. The standard InChI is InChI=1S/C37H58N2/c1-3-5-7-9-11-13-30-14-16-32(17-15-30)18-19-33-28-38-37(39-29-33)36-26-24-35(25-27-36)34-22-20-31(21-23-34)12-10-8-6-4-2/h24-32,34H,3-23H2,1-2H3/t30-,31-,32-,34-. The van der Waals surface area contributed by atoms with Crippen molar-refractivity contribution in [3.8, 4) is 11.4 Å². The van der Waals surface area contributed by atoms with E-state index in [-0.39, 0.29) is 0 Å². The fraction of sp³-hybridized carbons (Fsp3) is 0.730. The highest BCUT2D eigenvalue weighted by Gasteiger charge is 2.23. The van der Waals surface area contributed by atoms with E-state index in [0.29, 0.717) is 0 Å². The predicted molar refractivity (Wildman–Crippen MR) is 168 cm³/mol. The first-order chi connectivity index (χ1) is 19.2. The van der Waals surface area contributed by atoms with Crippen molar-refractivity contribution in [2.75, 3.05) is 0 Å². The summed E-state index contributed by atoms with van der Waals surface area (Å²) in [4.78, 5) is 9.52. The lowest BCUT2D eigenvalue weighted by Crippen LogP contribution is -2.15. The maximum absolute atomic E-state index is 4.76. The first kappa shape index (κ1) is 30.3. The lowest BCUT2D eigenvalue weighted by atomic mass is 9.77. The molecule has 2 heteroatoms. The monoisotopic (exact) mass is 530 g/mol. The average molecular weight is 531 g/mol. The van der Waals surface area contributed by atoms with E-state index < -0.39 is 0 Å². The van der Waals surface area contributed by atoms with Crippen molar-refractivity contribution < 1.29 is 0 Å². The summed E-state index contributed by atoms with van der Waals surface area (Å²) in [5.74, 6) is 4.51. The van der Waals surface area contributed by atoms with Gasteiger partial charge >= 0.3 is 0 Å². The fourth-order valence-corrected chi connectivity index (χ4v) is 7.40. The molecular formula is C37H58N2. The lowest BCUT2D eigenvalue weighted by molar-refractivity contribution is 0.248. The molecule has 39 heavy (non-hydrogen) atoms. The van der Waals surface area contributed by atoms with Crippen LogP contribution in [-0.2, 0) is 6.42 Å². The second kappa shape index (κ2) is 17.2. The topological polar surface area (TPSA) is 25.8 Å². The molecule has 2 nitrogen and oxygen atoms in total. The molecule has 2 aliphatic carbocycles. The zero-order valence-electron chi connectivity index (χ0n) is 25.5. The Bertz CT molecular complexity index is 886. The summed E-state index contributed by atoms with van der Waals surface area (Å²) in [6.07, 6.45) is 33.7. The van der Waals surface area contributed by atoms with Crippen molar-refractivity contribution in [2.24, 2.45) is 17.8 Å². The average Bonchev–Trinajstić information content (AvgIpc) is 2.99. The Hall–Kier alpha value is -1.70. The van der Waals surface area contributed by atoms with E-state index in [1.807, 2.05) is 0 Å². The number of benzene rings is 1. The van der Waals surface area contributed by atoms with Crippen LogP contribution in [0.5, 0.6) is 0 Å². The Morgan fingerprint density at radius 1 is 0.564 bits per heavy atom. The van der Waals surface area contributed by atoms with Gasteiger partial charge in [0.25, 0.3) is 0 Å². The minimum absolute atomic E-state index is 0.745. The molecule has 1 aromatic carbocycles. The number of nitrogens with zero attached hydrogens (tertiary/aromatic N) is 2. The van der Waals surface area contributed by atoms with Gasteiger partial charge in [0.1, 0.15) is 0 Å². The molecule has 2 saturated carbocycles. The van der Waals surface area contributed by atoms with Crippen LogP contribution in [0, 0.1) is 17.8 Å². The highest BCUT2D eigenvalue weighted by Crippen LogP contribution is 2.38. The molecule has 216 valence electrons. The van der Waals surface area contributed by atoms with E-state index in [4.69, 9.17) is 9.97 Å². The molecule has 0 radical (unpaired) electrons. The summed E-state index contributed by atoms with van der Waals surface area (Å²) < 4.78 is 0. The lowest BCUT2D eigenvalue weighted by Gasteiger charge is -2.29. The molecule has 1 heterocycles. The van der Waals surface area contributed by atoms with Crippen molar-refractivity contribution >= 4 is 0 Å². The summed E-state index contributed by atoms with van der Waals surface area (Å²) in [5.41, 5.74) is 3.98. The van der Waals surface area contributed by atoms with E-state index in [9.17, 15) is 0 Å². The normalized spacial score (nSPS) is 23.6. The molecule has 0 amide bonds. The highest BCUT2D eigenvalue weighted by atomic mass is 14.9. The molecule has 4 rings (SSSR count). The first-order valence-corrected chi connectivity index (χ1v) is 17.2. The Labute approximate surface area is 241 Å². The van der Waals surface area contributed by atoms with Gasteiger partial charge in [0.2, 0.25) is 0 Å². The van der Waals surface area contributed by atoms with Gasteiger partial charge in [-0.3, -0.25) is 0 Å². The van der Waals surface area contributed by atoms with Crippen LogP contribution in [0.15, 0.2) is 36.7 Å². The van der Waals surface area contributed by atoms with Gasteiger partial charge in [0, 0.05) is 18.0 Å². The molecule has 0 spiro atoms. The van der Waals surface area contributed by atoms with Gasteiger partial charge in [0.05, 0.1) is 0 Å². The minimum atomic E-state index is 0.745. The van der Waals surface area contributed by atoms with Crippen LogP contribution in [-0.4, -0.2) is 9.97 Å². The molecule has 0 aliphatic heterocycles. The van der Waals surface area contributed by atoms with Crippen molar-refractivity contribution in [1.29, 1.82) is 0 Å². The third-order valence-corrected chi connectivity index (χ3v) is 10.2.